The molecule has 1 aliphatic carbocycles. The van der Waals surface area contributed by atoms with E-state index in [2.05, 4.69) is 10.3 Å². The number of aryl methyl sites for hydroxylation is 1. The molecule has 2 rings (SSSR count). The molecule has 108 valence electrons. The van der Waals surface area contributed by atoms with Crippen LogP contribution in [0.2, 0.25) is 0 Å². The number of allylic oxidation sites excluding steroid dienone is 1. The molecule has 2 N–H and O–H groups in total. The van der Waals surface area contributed by atoms with E-state index < -0.39 is 5.97 Å². The van der Waals surface area contributed by atoms with Crippen molar-refractivity contribution in [3.8, 4) is 0 Å². The predicted molar refractivity (Wildman–Crippen MR) is 76.9 cm³/mol. The second kappa shape index (κ2) is 5.75. The summed E-state index contributed by atoms with van der Waals surface area (Å²) >= 11 is 1.12. The minimum atomic E-state index is -0.973. The Labute approximate surface area is 121 Å². The standard InChI is InChI=1S/C14H18N2O3S/c1-7-5-4-6-10(7)12(17)15-9(3)13-16-8(2)11(20-13)14(18)19/h9H,4-6H2,1-3H3,(H,15,17)(H,18,19). The van der Waals surface area contributed by atoms with Crippen molar-refractivity contribution in [3.05, 3.63) is 26.7 Å². The summed E-state index contributed by atoms with van der Waals surface area (Å²) in [5.41, 5.74) is 2.51. The molecule has 0 spiro atoms. The molecule has 1 heterocycles. The molecule has 0 aliphatic heterocycles. The molecule has 6 heteroatoms. The molecule has 0 fully saturated rings. The second-order valence-electron chi connectivity index (χ2n) is 5.08. The predicted octanol–water partition coefficient (Wildman–Crippen LogP) is 2.83. The van der Waals surface area contributed by atoms with Gasteiger partial charge in [0.1, 0.15) is 9.88 Å². The van der Waals surface area contributed by atoms with Crippen LogP contribution in [0.25, 0.3) is 0 Å². The van der Waals surface area contributed by atoms with Crippen LogP contribution < -0.4 is 5.32 Å². The van der Waals surface area contributed by atoms with Crippen LogP contribution in [0.1, 0.15) is 59.5 Å². The van der Waals surface area contributed by atoms with Gasteiger partial charge < -0.3 is 10.4 Å². The van der Waals surface area contributed by atoms with Gasteiger partial charge in [-0.2, -0.15) is 0 Å². The van der Waals surface area contributed by atoms with Gasteiger partial charge in [-0.15, -0.1) is 11.3 Å². The van der Waals surface area contributed by atoms with E-state index in [-0.39, 0.29) is 16.8 Å². The number of rotatable bonds is 4. The molecule has 1 amide bonds. The van der Waals surface area contributed by atoms with Crippen LogP contribution in [0.15, 0.2) is 11.1 Å². The van der Waals surface area contributed by atoms with E-state index in [9.17, 15) is 9.59 Å². The van der Waals surface area contributed by atoms with Gasteiger partial charge in [0, 0.05) is 5.57 Å². The highest BCUT2D eigenvalue weighted by Crippen LogP contribution is 2.27. The second-order valence-corrected chi connectivity index (χ2v) is 6.11. The Bertz CT molecular complexity index is 589. The summed E-state index contributed by atoms with van der Waals surface area (Å²) in [5, 5.41) is 12.6. The number of hydrogen-bond acceptors (Lipinski definition) is 4. The number of nitrogens with zero attached hydrogens (tertiary/aromatic N) is 1. The smallest absolute Gasteiger partial charge is 0.347 e. The number of amides is 1. The summed E-state index contributed by atoms with van der Waals surface area (Å²) in [6.07, 6.45) is 2.83. The van der Waals surface area contributed by atoms with E-state index >= 15 is 0 Å². The normalized spacial score (nSPS) is 16.4. The highest BCUT2D eigenvalue weighted by atomic mass is 32.1. The van der Waals surface area contributed by atoms with Gasteiger partial charge in [0.2, 0.25) is 5.91 Å². The van der Waals surface area contributed by atoms with Crippen LogP contribution in [0.4, 0.5) is 0 Å². The van der Waals surface area contributed by atoms with Crippen molar-refractivity contribution >= 4 is 23.2 Å². The zero-order chi connectivity index (χ0) is 14.9. The van der Waals surface area contributed by atoms with E-state index in [1.54, 1.807) is 6.92 Å². The molecule has 0 bridgehead atoms. The molecule has 0 radical (unpaired) electrons. The third-order valence-electron chi connectivity index (χ3n) is 3.49. The zero-order valence-corrected chi connectivity index (χ0v) is 12.6. The third-order valence-corrected chi connectivity index (χ3v) is 4.82. The fraction of sp³-hybridized carbons (Fsp3) is 0.500. The van der Waals surface area contributed by atoms with Crippen LogP contribution in [-0.2, 0) is 4.79 Å². The number of thiazole rings is 1. The topological polar surface area (TPSA) is 79.3 Å². The van der Waals surface area contributed by atoms with E-state index in [0.29, 0.717) is 10.7 Å². The van der Waals surface area contributed by atoms with Gasteiger partial charge in [0.15, 0.2) is 0 Å². The van der Waals surface area contributed by atoms with Gasteiger partial charge in [-0.1, -0.05) is 5.57 Å². The van der Waals surface area contributed by atoms with Crippen molar-refractivity contribution in [1.82, 2.24) is 10.3 Å². The van der Waals surface area contributed by atoms with Crippen molar-refractivity contribution in [1.29, 1.82) is 0 Å². The SMILES string of the molecule is CC1=C(C(=O)NC(C)c2nc(C)c(C(=O)O)s2)CCC1. The van der Waals surface area contributed by atoms with E-state index in [1.807, 2.05) is 13.8 Å². The maximum Gasteiger partial charge on any atom is 0.347 e. The summed E-state index contributed by atoms with van der Waals surface area (Å²) in [6.45, 7) is 5.48. The van der Waals surface area contributed by atoms with Crippen molar-refractivity contribution in [2.75, 3.05) is 0 Å². The van der Waals surface area contributed by atoms with Crippen LogP contribution in [0.3, 0.4) is 0 Å². The molecule has 0 saturated carbocycles. The fourth-order valence-electron chi connectivity index (χ4n) is 2.35. The fourth-order valence-corrected chi connectivity index (χ4v) is 3.26. The van der Waals surface area contributed by atoms with Crippen molar-refractivity contribution in [2.24, 2.45) is 0 Å². The molecule has 1 aliphatic rings. The molecule has 5 nitrogen and oxygen atoms in total. The molecule has 0 aromatic carbocycles. The van der Waals surface area contributed by atoms with Crippen LogP contribution in [0, 0.1) is 6.92 Å². The number of carbonyl (C=O) groups is 2. The van der Waals surface area contributed by atoms with Gasteiger partial charge in [0.05, 0.1) is 11.7 Å². The highest BCUT2D eigenvalue weighted by molar-refractivity contribution is 7.13. The lowest BCUT2D eigenvalue weighted by molar-refractivity contribution is -0.118. The van der Waals surface area contributed by atoms with E-state index in [0.717, 1.165) is 41.7 Å². The lowest BCUT2D eigenvalue weighted by atomic mass is 10.1. The van der Waals surface area contributed by atoms with Gasteiger partial charge in [-0.25, -0.2) is 9.78 Å². The number of aromatic carboxylic acids is 1. The number of nitrogens with one attached hydrogen (secondary N) is 1. The van der Waals surface area contributed by atoms with Crippen molar-refractivity contribution in [3.63, 3.8) is 0 Å². The number of hydrogen-bond donors (Lipinski definition) is 2. The minimum absolute atomic E-state index is 0.0581. The first-order chi connectivity index (χ1) is 9.40. The lowest BCUT2D eigenvalue weighted by Crippen LogP contribution is -2.27. The summed E-state index contributed by atoms with van der Waals surface area (Å²) in [6, 6.07) is -0.278. The third kappa shape index (κ3) is 2.90. The number of carboxylic acids is 1. The largest absolute Gasteiger partial charge is 0.477 e. The Balaban J connectivity index is 2.10. The number of aromatic nitrogens is 1. The first kappa shape index (κ1) is 14.7. The summed E-state index contributed by atoms with van der Waals surface area (Å²) < 4.78 is 0. The van der Waals surface area contributed by atoms with E-state index in [4.69, 9.17) is 5.11 Å². The highest BCUT2D eigenvalue weighted by Gasteiger charge is 2.22. The molecule has 20 heavy (non-hydrogen) atoms. The van der Waals surface area contributed by atoms with Gasteiger partial charge in [-0.3, -0.25) is 4.79 Å². The quantitative estimate of drug-likeness (QED) is 0.895. The van der Waals surface area contributed by atoms with Crippen LogP contribution in [-0.4, -0.2) is 22.0 Å². The average molecular weight is 294 g/mol. The van der Waals surface area contributed by atoms with E-state index in [1.165, 1.54) is 0 Å². The Morgan fingerprint density at radius 3 is 2.55 bits per heavy atom. The first-order valence-electron chi connectivity index (χ1n) is 6.60. The molecular weight excluding hydrogens is 276 g/mol. The summed E-state index contributed by atoms with van der Waals surface area (Å²) in [7, 11) is 0. The summed E-state index contributed by atoms with van der Waals surface area (Å²) in [4.78, 5) is 27.6. The van der Waals surface area contributed by atoms with Gasteiger partial charge >= 0.3 is 5.97 Å². The van der Waals surface area contributed by atoms with Gasteiger partial charge in [0.25, 0.3) is 0 Å². The first-order valence-corrected chi connectivity index (χ1v) is 7.42. The Kier molecular flexibility index (Phi) is 4.23. The monoisotopic (exact) mass is 294 g/mol. The van der Waals surface area contributed by atoms with Gasteiger partial charge in [-0.05, 0) is 40.0 Å². The Hall–Kier alpha value is -1.69. The molecule has 1 atom stereocenters. The molecule has 1 aromatic heterocycles. The maximum atomic E-state index is 12.2. The zero-order valence-electron chi connectivity index (χ0n) is 11.8. The molecule has 1 aromatic rings. The Morgan fingerprint density at radius 2 is 2.05 bits per heavy atom. The van der Waals surface area contributed by atoms with Crippen LogP contribution in [0.5, 0.6) is 0 Å². The average Bonchev–Trinajstić information content (AvgIpc) is 2.95. The minimum Gasteiger partial charge on any atom is -0.477 e. The number of carboxylic acid groups (broad SMARTS) is 1. The summed E-state index contributed by atoms with van der Waals surface area (Å²) in [5.74, 6) is -1.03. The van der Waals surface area contributed by atoms with Crippen LogP contribution >= 0.6 is 11.3 Å². The molecular formula is C14H18N2O3S. The maximum absolute atomic E-state index is 12.2. The number of carbonyl (C=O) groups excluding carboxylic acids is 1. The lowest BCUT2D eigenvalue weighted by Gasteiger charge is -2.12. The molecule has 1 unspecified atom stereocenters. The van der Waals surface area contributed by atoms with Crippen molar-refractivity contribution in [2.45, 2.75) is 46.1 Å². The molecule has 0 saturated heterocycles. The van der Waals surface area contributed by atoms with Crippen molar-refractivity contribution < 1.29 is 14.7 Å². The Morgan fingerprint density at radius 1 is 1.35 bits per heavy atom.